The Kier molecular flexibility index (Phi) is 5.16. The summed E-state index contributed by atoms with van der Waals surface area (Å²) in [5, 5.41) is 13.8. The molecule has 25 heavy (non-hydrogen) atoms. The molecule has 1 aromatic carbocycles. The summed E-state index contributed by atoms with van der Waals surface area (Å²) in [6.07, 6.45) is 1.85. The average Bonchev–Trinajstić information content (AvgIpc) is 3.17. The van der Waals surface area contributed by atoms with Crippen LogP contribution in [0.3, 0.4) is 0 Å². The molecule has 2 aromatic rings. The monoisotopic (exact) mass is 339 g/mol. The zero-order valence-corrected chi connectivity index (χ0v) is 15.1. The minimum Gasteiger partial charge on any atom is -0.352 e. The standard InChI is InChI=1S/C19H25N5O/c1-14-9-12-24(21-14)18-7-5-17(6-8-18)19(25)20-10-4-11-23-16(3)13-15(2)22-23/h5-8,13H,4,9-12H2,1-3H3,(H,20,25). The number of anilines is 1. The van der Waals surface area contributed by atoms with E-state index in [-0.39, 0.29) is 5.91 Å². The van der Waals surface area contributed by atoms with Crippen LogP contribution in [0.15, 0.2) is 35.4 Å². The van der Waals surface area contributed by atoms with E-state index in [0.29, 0.717) is 12.1 Å². The van der Waals surface area contributed by atoms with Gasteiger partial charge < -0.3 is 5.32 Å². The molecule has 0 spiro atoms. The molecule has 0 unspecified atom stereocenters. The SMILES string of the molecule is CC1=NN(c2ccc(C(=O)NCCCn3nc(C)cc3C)cc2)CC1. The highest BCUT2D eigenvalue weighted by Crippen LogP contribution is 2.19. The molecule has 0 saturated heterocycles. The molecule has 0 radical (unpaired) electrons. The highest BCUT2D eigenvalue weighted by molar-refractivity contribution is 5.94. The van der Waals surface area contributed by atoms with Gasteiger partial charge in [0, 0.05) is 43.0 Å². The fourth-order valence-corrected chi connectivity index (χ4v) is 2.98. The van der Waals surface area contributed by atoms with Crippen LogP contribution in [0.2, 0.25) is 0 Å². The molecule has 1 aliphatic rings. The van der Waals surface area contributed by atoms with Gasteiger partial charge in [0.1, 0.15) is 0 Å². The third kappa shape index (κ3) is 4.26. The van der Waals surface area contributed by atoms with E-state index in [9.17, 15) is 4.79 Å². The molecule has 132 valence electrons. The number of nitrogens with zero attached hydrogens (tertiary/aromatic N) is 4. The van der Waals surface area contributed by atoms with Gasteiger partial charge in [-0.15, -0.1) is 0 Å². The topological polar surface area (TPSA) is 62.5 Å². The number of rotatable bonds is 6. The number of hydrogen-bond donors (Lipinski definition) is 1. The maximum Gasteiger partial charge on any atom is 0.251 e. The fraction of sp³-hybridized carbons (Fsp3) is 0.421. The molecule has 0 atom stereocenters. The predicted octanol–water partition coefficient (Wildman–Crippen LogP) is 2.91. The third-order valence-electron chi connectivity index (χ3n) is 4.34. The molecular formula is C19H25N5O. The zero-order valence-electron chi connectivity index (χ0n) is 15.1. The van der Waals surface area contributed by atoms with Gasteiger partial charge in [-0.1, -0.05) is 0 Å². The Morgan fingerprint density at radius 1 is 1.20 bits per heavy atom. The molecule has 1 aromatic heterocycles. The number of nitrogens with one attached hydrogen (secondary N) is 1. The van der Waals surface area contributed by atoms with Crippen molar-refractivity contribution in [3.05, 3.63) is 47.3 Å². The molecule has 2 heterocycles. The number of amides is 1. The fourth-order valence-electron chi connectivity index (χ4n) is 2.98. The van der Waals surface area contributed by atoms with Crippen LogP contribution >= 0.6 is 0 Å². The van der Waals surface area contributed by atoms with Crippen LogP contribution in [0, 0.1) is 13.8 Å². The van der Waals surface area contributed by atoms with Crippen LogP contribution in [0.1, 0.15) is 41.5 Å². The number of aromatic nitrogens is 2. The maximum atomic E-state index is 12.2. The maximum absolute atomic E-state index is 12.2. The van der Waals surface area contributed by atoms with Crippen molar-refractivity contribution in [1.29, 1.82) is 0 Å². The summed E-state index contributed by atoms with van der Waals surface area (Å²) >= 11 is 0. The van der Waals surface area contributed by atoms with Gasteiger partial charge in [-0.25, -0.2) is 0 Å². The van der Waals surface area contributed by atoms with Crippen LogP contribution in [0.4, 0.5) is 5.69 Å². The van der Waals surface area contributed by atoms with E-state index in [1.54, 1.807) is 0 Å². The summed E-state index contributed by atoms with van der Waals surface area (Å²) in [4.78, 5) is 12.2. The Balaban J connectivity index is 1.47. The van der Waals surface area contributed by atoms with Crippen LogP contribution < -0.4 is 10.3 Å². The molecule has 0 saturated carbocycles. The summed E-state index contributed by atoms with van der Waals surface area (Å²) < 4.78 is 1.98. The van der Waals surface area contributed by atoms with Gasteiger partial charge in [0.15, 0.2) is 0 Å². The van der Waals surface area contributed by atoms with Crippen LogP contribution in [0.25, 0.3) is 0 Å². The number of benzene rings is 1. The van der Waals surface area contributed by atoms with Gasteiger partial charge in [0.25, 0.3) is 5.91 Å². The number of carbonyl (C=O) groups excluding carboxylic acids is 1. The summed E-state index contributed by atoms with van der Waals surface area (Å²) in [5.74, 6) is -0.0407. The van der Waals surface area contributed by atoms with Crippen molar-refractivity contribution >= 4 is 17.3 Å². The van der Waals surface area contributed by atoms with Crippen molar-refractivity contribution in [2.45, 2.75) is 40.2 Å². The molecule has 1 N–H and O–H groups in total. The molecule has 1 aliphatic heterocycles. The number of hydrazone groups is 1. The van der Waals surface area contributed by atoms with Crippen molar-refractivity contribution in [1.82, 2.24) is 15.1 Å². The van der Waals surface area contributed by atoms with Crippen molar-refractivity contribution in [3.63, 3.8) is 0 Å². The molecule has 0 aliphatic carbocycles. The minimum atomic E-state index is -0.0407. The number of aryl methyl sites for hydroxylation is 3. The van der Waals surface area contributed by atoms with Crippen molar-refractivity contribution in [2.24, 2.45) is 5.10 Å². The molecule has 0 fully saturated rings. The lowest BCUT2D eigenvalue weighted by Gasteiger charge is -2.14. The lowest BCUT2D eigenvalue weighted by molar-refractivity contribution is 0.0952. The first-order chi connectivity index (χ1) is 12.0. The lowest BCUT2D eigenvalue weighted by Crippen LogP contribution is -2.25. The van der Waals surface area contributed by atoms with Crippen molar-refractivity contribution in [2.75, 3.05) is 18.1 Å². The second-order valence-electron chi connectivity index (χ2n) is 6.51. The highest BCUT2D eigenvalue weighted by Gasteiger charge is 2.13. The molecule has 0 bridgehead atoms. The van der Waals surface area contributed by atoms with E-state index in [4.69, 9.17) is 0 Å². The Labute approximate surface area is 148 Å². The normalized spacial score (nSPS) is 13.9. The quantitative estimate of drug-likeness (QED) is 0.823. The first-order valence-corrected chi connectivity index (χ1v) is 8.74. The first-order valence-electron chi connectivity index (χ1n) is 8.74. The van der Waals surface area contributed by atoms with Gasteiger partial charge in [-0.05, 0) is 57.5 Å². The number of carbonyl (C=O) groups is 1. The van der Waals surface area contributed by atoms with Crippen LogP contribution in [-0.2, 0) is 6.54 Å². The van der Waals surface area contributed by atoms with E-state index < -0.39 is 0 Å². The molecule has 6 nitrogen and oxygen atoms in total. The Hall–Kier alpha value is -2.63. The van der Waals surface area contributed by atoms with E-state index in [1.807, 2.05) is 54.7 Å². The smallest absolute Gasteiger partial charge is 0.251 e. The summed E-state index contributed by atoms with van der Waals surface area (Å²) in [6, 6.07) is 9.68. The summed E-state index contributed by atoms with van der Waals surface area (Å²) in [5.41, 5.74) is 5.02. The van der Waals surface area contributed by atoms with Crippen molar-refractivity contribution < 1.29 is 4.79 Å². The zero-order chi connectivity index (χ0) is 17.8. The van der Waals surface area contributed by atoms with Gasteiger partial charge in [-0.3, -0.25) is 14.5 Å². The van der Waals surface area contributed by atoms with Crippen molar-refractivity contribution in [3.8, 4) is 0 Å². The summed E-state index contributed by atoms with van der Waals surface area (Å²) in [7, 11) is 0. The Bertz CT molecular complexity index is 776. The van der Waals surface area contributed by atoms with Crippen LogP contribution in [0.5, 0.6) is 0 Å². The van der Waals surface area contributed by atoms with E-state index in [0.717, 1.165) is 48.7 Å². The number of hydrogen-bond acceptors (Lipinski definition) is 4. The Morgan fingerprint density at radius 2 is 1.96 bits per heavy atom. The molecular weight excluding hydrogens is 314 g/mol. The van der Waals surface area contributed by atoms with Gasteiger partial charge >= 0.3 is 0 Å². The van der Waals surface area contributed by atoms with Gasteiger partial charge in [0.05, 0.1) is 11.4 Å². The third-order valence-corrected chi connectivity index (χ3v) is 4.34. The molecule has 3 rings (SSSR count). The van der Waals surface area contributed by atoms with E-state index in [1.165, 1.54) is 0 Å². The summed E-state index contributed by atoms with van der Waals surface area (Å²) in [6.45, 7) is 8.42. The second-order valence-corrected chi connectivity index (χ2v) is 6.51. The average molecular weight is 339 g/mol. The molecule has 6 heteroatoms. The Morgan fingerprint density at radius 3 is 2.56 bits per heavy atom. The predicted molar refractivity (Wildman–Crippen MR) is 100 cm³/mol. The minimum absolute atomic E-state index is 0.0407. The lowest BCUT2D eigenvalue weighted by atomic mass is 10.2. The van der Waals surface area contributed by atoms with E-state index in [2.05, 4.69) is 21.6 Å². The first kappa shape index (κ1) is 17.2. The van der Waals surface area contributed by atoms with Gasteiger partial charge in [0.2, 0.25) is 0 Å². The van der Waals surface area contributed by atoms with E-state index >= 15 is 0 Å². The van der Waals surface area contributed by atoms with Crippen LogP contribution in [-0.4, -0.2) is 34.5 Å². The second kappa shape index (κ2) is 7.51. The largest absolute Gasteiger partial charge is 0.352 e. The van der Waals surface area contributed by atoms with Gasteiger partial charge in [-0.2, -0.15) is 10.2 Å². The molecule has 1 amide bonds. The highest BCUT2D eigenvalue weighted by atomic mass is 16.1.